The van der Waals surface area contributed by atoms with Crippen LogP contribution in [-0.4, -0.2) is 28.5 Å². The lowest BCUT2D eigenvalue weighted by atomic mass is 10.1. The normalized spacial score (nSPS) is 11.3. The lowest BCUT2D eigenvalue weighted by molar-refractivity contribution is 0.310. The van der Waals surface area contributed by atoms with Crippen LogP contribution in [0.3, 0.4) is 0 Å². The molecule has 0 unspecified atom stereocenters. The van der Waals surface area contributed by atoms with Crippen LogP contribution in [0.4, 0.5) is 0 Å². The zero-order valence-electron chi connectivity index (χ0n) is 16.8. The van der Waals surface area contributed by atoms with Gasteiger partial charge in [-0.25, -0.2) is 4.98 Å². The molecule has 30 heavy (non-hydrogen) atoms. The second-order valence-electron chi connectivity index (χ2n) is 7.07. The van der Waals surface area contributed by atoms with Gasteiger partial charge in [-0.3, -0.25) is 9.69 Å². The highest BCUT2D eigenvalue weighted by Gasteiger charge is 2.15. The highest BCUT2D eigenvalue weighted by Crippen LogP contribution is 2.34. The number of ether oxygens (including phenoxy) is 1. The molecule has 0 saturated heterocycles. The molecule has 0 aliphatic rings. The van der Waals surface area contributed by atoms with Crippen molar-refractivity contribution in [3.8, 4) is 16.9 Å². The summed E-state index contributed by atoms with van der Waals surface area (Å²) in [6.45, 7) is 3.90. The minimum Gasteiger partial charge on any atom is -0.494 e. The third-order valence-electron chi connectivity index (χ3n) is 4.76. The molecule has 0 fully saturated rings. The fourth-order valence-electron chi connectivity index (χ4n) is 3.43. The van der Waals surface area contributed by atoms with Crippen LogP contribution in [-0.2, 0) is 13.1 Å². The maximum atomic E-state index is 12.8. The largest absolute Gasteiger partial charge is 0.494 e. The van der Waals surface area contributed by atoms with E-state index in [1.54, 1.807) is 0 Å². The monoisotopic (exact) mass is 439 g/mol. The van der Waals surface area contributed by atoms with Crippen molar-refractivity contribution in [1.82, 2.24) is 14.9 Å². The summed E-state index contributed by atoms with van der Waals surface area (Å²) >= 11 is 7.79. The molecule has 2 heterocycles. The van der Waals surface area contributed by atoms with Crippen molar-refractivity contribution in [2.75, 3.05) is 13.7 Å². The summed E-state index contributed by atoms with van der Waals surface area (Å²) in [5, 5.41) is 3.16. The van der Waals surface area contributed by atoms with Crippen LogP contribution < -0.4 is 10.3 Å². The van der Waals surface area contributed by atoms with E-state index in [-0.39, 0.29) is 5.56 Å². The summed E-state index contributed by atoms with van der Waals surface area (Å²) in [5.41, 5.74) is 2.70. The lowest BCUT2D eigenvalue weighted by Crippen LogP contribution is -2.21. The Hall–Kier alpha value is -2.67. The summed E-state index contributed by atoms with van der Waals surface area (Å²) in [7, 11) is 2.00. The number of nitrogens with one attached hydrogen (secondary N) is 1. The molecule has 0 saturated carbocycles. The average Bonchev–Trinajstić information content (AvgIpc) is 3.14. The van der Waals surface area contributed by atoms with Crippen LogP contribution in [0.1, 0.15) is 18.3 Å². The Kier molecular flexibility index (Phi) is 6.18. The molecule has 4 aromatic rings. The summed E-state index contributed by atoms with van der Waals surface area (Å²) < 4.78 is 5.49. The lowest BCUT2D eigenvalue weighted by Gasteiger charge is -2.16. The number of benzene rings is 2. The van der Waals surface area contributed by atoms with Gasteiger partial charge >= 0.3 is 0 Å². The molecule has 0 aliphatic heterocycles. The van der Waals surface area contributed by atoms with Crippen molar-refractivity contribution in [3.63, 3.8) is 0 Å². The van der Waals surface area contributed by atoms with Crippen molar-refractivity contribution in [2.24, 2.45) is 0 Å². The number of halogens is 1. The van der Waals surface area contributed by atoms with E-state index >= 15 is 0 Å². The van der Waals surface area contributed by atoms with E-state index in [0.29, 0.717) is 29.4 Å². The van der Waals surface area contributed by atoms with E-state index in [4.69, 9.17) is 21.3 Å². The first-order valence-corrected chi connectivity index (χ1v) is 11.0. The first-order valence-electron chi connectivity index (χ1n) is 9.70. The molecule has 1 N–H and O–H groups in total. The Bertz CT molecular complexity index is 1220. The summed E-state index contributed by atoms with van der Waals surface area (Å²) in [6.07, 6.45) is 0. The van der Waals surface area contributed by atoms with Gasteiger partial charge in [0.05, 0.1) is 18.5 Å². The van der Waals surface area contributed by atoms with Crippen molar-refractivity contribution in [2.45, 2.75) is 20.0 Å². The maximum Gasteiger partial charge on any atom is 0.260 e. The van der Waals surface area contributed by atoms with Gasteiger partial charge in [-0.05, 0) is 37.7 Å². The van der Waals surface area contributed by atoms with Crippen molar-refractivity contribution < 1.29 is 4.74 Å². The van der Waals surface area contributed by atoms with Crippen molar-refractivity contribution >= 4 is 33.2 Å². The first-order chi connectivity index (χ1) is 14.5. The van der Waals surface area contributed by atoms with Crippen LogP contribution in [0.15, 0.2) is 58.7 Å². The molecule has 2 aromatic carbocycles. The van der Waals surface area contributed by atoms with Crippen LogP contribution in [0.2, 0.25) is 5.02 Å². The van der Waals surface area contributed by atoms with Gasteiger partial charge in [-0.1, -0.05) is 41.9 Å². The standard InChI is InChI=1S/C23H22ClN3O2S/c1-3-29-16-10-8-15(9-11-16)12-27(2)13-20-25-22(28)21-18(14-30-23(21)26-20)17-6-4-5-7-19(17)24/h4-11,14H,3,12-13H2,1-2H3,(H,25,26,28). The molecule has 154 valence electrons. The minimum absolute atomic E-state index is 0.138. The predicted molar refractivity (Wildman–Crippen MR) is 123 cm³/mol. The topological polar surface area (TPSA) is 58.2 Å². The van der Waals surface area contributed by atoms with Crippen molar-refractivity contribution in [3.05, 3.63) is 80.7 Å². The molecule has 0 spiro atoms. The summed E-state index contributed by atoms with van der Waals surface area (Å²) in [5.74, 6) is 1.51. The number of hydrogen-bond acceptors (Lipinski definition) is 5. The summed E-state index contributed by atoms with van der Waals surface area (Å²) in [6, 6.07) is 15.6. The van der Waals surface area contributed by atoms with Gasteiger partial charge in [0, 0.05) is 28.1 Å². The molecule has 4 rings (SSSR count). The molecule has 0 radical (unpaired) electrons. The fourth-order valence-corrected chi connectivity index (χ4v) is 4.62. The van der Waals surface area contributed by atoms with Gasteiger partial charge in [-0.15, -0.1) is 11.3 Å². The second-order valence-corrected chi connectivity index (χ2v) is 8.34. The molecule has 2 aromatic heterocycles. The zero-order chi connectivity index (χ0) is 21.1. The number of thiophene rings is 1. The Morgan fingerprint density at radius 1 is 1.10 bits per heavy atom. The van der Waals surface area contributed by atoms with Crippen LogP contribution in [0, 0.1) is 0 Å². The zero-order valence-corrected chi connectivity index (χ0v) is 18.4. The second kappa shape index (κ2) is 9.00. The first kappa shape index (κ1) is 20.6. The maximum absolute atomic E-state index is 12.8. The average molecular weight is 440 g/mol. The number of hydrogen-bond donors (Lipinski definition) is 1. The number of fused-ring (bicyclic) bond motifs is 1. The highest BCUT2D eigenvalue weighted by molar-refractivity contribution is 7.17. The van der Waals surface area contributed by atoms with E-state index in [0.717, 1.165) is 28.3 Å². The van der Waals surface area contributed by atoms with Crippen LogP contribution in [0.5, 0.6) is 5.75 Å². The molecular formula is C23H22ClN3O2S. The molecule has 0 atom stereocenters. The Morgan fingerprint density at radius 2 is 1.87 bits per heavy atom. The number of rotatable bonds is 7. The number of H-pyrrole nitrogens is 1. The van der Waals surface area contributed by atoms with E-state index in [1.165, 1.54) is 16.9 Å². The van der Waals surface area contributed by atoms with Crippen molar-refractivity contribution in [1.29, 1.82) is 0 Å². The molecular weight excluding hydrogens is 418 g/mol. The van der Waals surface area contributed by atoms with Gasteiger partial charge in [0.2, 0.25) is 0 Å². The highest BCUT2D eigenvalue weighted by atomic mass is 35.5. The van der Waals surface area contributed by atoms with Gasteiger partial charge in [-0.2, -0.15) is 0 Å². The third kappa shape index (κ3) is 4.41. The van der Waals surface area contributed by atoms with E-state index in [1.807, 2.05) is 55.7 Å². The van der Waals surface area contributed by atoms with Crippen LogP contribution in [0.25, 0.3) is 21.3 Å². The van der Waals surface area contributed by atoms with E-state index < -0.39 is 0 Å². The Morgan fingerprint density at radius 3 is 2.60 bits per heavy atom. The summed E-state index contributed by atoms with van der Waals surface area (Å²) in [4.78, 5) is 23.3. The van der Waals surface area contributed by atoms with E-state index in [9.17, 15) is 4.79 Å². The molecule has 5 nitrogen and oxygen atoms in total. The number of nitrogens with zero attached hydrogens (tertiary/aromatic N) is 2. The van der Waals surface area contributed by atoms with Gasteiger partial charge in [0.15, 0.2) is 0 Å². The van der Waals surface area contributed by atoms with E-state index in [2.05, 4.69) is 22.0 Å². The minimum atomic E-state index is -0.138. The number of aromatic amines is 1. The predicted octanol–water partition coefficient (Wildman–Crippen LogP) is 5.34. The third-order valence-corrected chi connectivity index (χ3v) is 5.97. The quantitative estimate of drug-likeness (QED) is 0.422. The molecule has 0 amide bonds. The fraction of sp³-hybridized carbons (Fsp3) is 0.217. The van der Waals surface area contributed by atoms with Gasteiger partial charge in [0.1, 0.15) is 16.4 Å². The Balaban J connectivity index is 1.54. The molecule has 0 aliphatic carbocycles. The Labute approximate surface area is 183 Å². The number of aromatic nitrogens is 2. The molecule has 0 bridgehead atoms. The smallest absolute Gasteiger partial charge is 0.260 e. The van der Waals surface area contributed by atoms with Gasteiger partial charge < -0.3 is 9.72 Å². The van der Waals surface area contributed by atoms with Crippen LogP contribution >= 0.6 is 22.9 Å². The SMILES string of the molecule is CCOc1ccc(CN(C)Cc2nc3scc(-c4ccccc4Cl)c3c(=O)[nH]2)cc1. The molecule has 7 heteroatoms. The van der Waals surface area contributed by atoms with Gasteiger partial charge in [0.25, 0.3) is 5.56 Å².